The Hall–Kier alpha value is -1.49. The Morgan fingerprint density at radius 2 is 2.12 bits per heavy atom. The van der Waals surface area contributed by atoms with E-state index in [0.717, 1.165) is 11.8 Å². The lowest BCUT2D eigenvalue weighted by Crippen LogP contribution is -2.29. The Labute approximate surface area is 105 Å². The zero-order chi connectivity index (χ0) is 12.7. The standard InChI is InChI=1S/C12H17N3OS/c1-9(10-5-3-2-4-6-10)7-15-11(16)8-17-12(13)14/h2-6,9H,7-8H2,1H3,(H3,13,14)(H,15,16). The lowest BCUT2D eigenvalue weighted by atomic mass is 10.0. The van der Waals surface area contributed by atoms with Gasteiger partial charge in [0.1, 0.15) is 0 Å². The molecule has 4 nitrogen and oxygen atoms in total. The highest BCUT2D eigenvalue weighted by Crippen LogP contribution is 2.12. The van der Waals surface area contributed by atoms with Gasteiger partial charge in [-0.1, -0.05) is 49.0 Å². The summed E-state index contributed by atoms with van der Waals surface area (Å²) in [5.74, 6) is 0.395. The summed E-state index contributed by atoms with van der Waals surface area (Å²) in [6, 6.07) is 10.0. The van der Waals surface area contributed by atoms with Gasteiger partial charge in [-0.3, -0.25) is 10.2 Å². The number of hydrogen-bond donors (Lipinski definition) is 3. The maximum absolute atomic E-state index is 11.4. The first-order chi connectivity index (χ1) is 8.09. The molecule has 0 aromatic heterocycles. The number of amidine groups is 1. The molecule has 0 spiro atoms. The van der Waals surface area contributed by atoms with Crippen LogP contribution in [0.2, 0.25) is 0 Å². The summed E-state index contributed by atoms with van der Waals surface area (Å²) >= 11 is 1.04. The quantitative estimate of drug-likeness (QED) is 0.548. The van der Waals surface area contributed by atoms with Gasteiger partial charge in [-0.05, 0) is 11.5 Å². The largest absolute Gasteiger partial charge is 0.379 e. The molecule has 0 radical (unpaired) electrons. The van der Waals surface area contributed by atoms with Crippen molar-refractivity contribution in [1.82, 2.24) is 5.32 Å². The van der Waals surface area contributed by atoms with Gasteiger partial charge < -0.3 is 11.1 Å². The second-order valence-corrected chi connectivity index (χ2v) is 4.79. The van der Waals surface area contributed by atoms with Crippen LogP contribution in [-0.4, -0.2) is 23.4 Å². The number of nitrogens with two attached hydrogens (primary N) is 1. The summed E-state index contributed by atoms with van der Waals surface area (Å²) in [5, 5.41) is 9.79. The fraction of sp³-hybridized carbons (Fsp3) is 0.333. The van der Waals surface area contributed by atoms with Gasteiger partial charge in [-0.25, -0.2) is 0 Å². The molecule has 0 aliphatic rings. The van der Waals surface area contributed by atoms with Gasteiger partial charge >= 0.3 is 0 Å². The number of amides is 1. The third-order valence-corrected chi connectivity index (χ3v) is 3.05. The lowest BCUT2D eigenvalue weighted by molar-refractivity contribution is -0.118. The van der Waals surface area contributed by atoms with E-state index in [-0.39, 0.29) is 22.7 Å². The van der Waals surface area contributed by atoms with Gasteiger partial charge in [0, 0.05) is 6.54 Å². The molecule has 0 heterocycles. The number of benzene rings is 1. The molecule has 0 saturated heterocycles. The lowest BCUT2D eigenvalue weighted by Gasteiger charge is -2.12. The van der Waals surface area contributed by atoms with E-state index in [1.54, 1.807) is 0 Å². The molecule has 0 bridgehead atoms. The maximum Gasteiger partial charge on any atom is 0.230 e. The Balaban J connectivity index is 2.31. The molecule has 0 fully saturated rings. The Bertz CT molecular complexity index is 381. The highest BCUT2D eigenvalue weighted by molar-refractivity contribution is 8.14. The molecule has 4 N–H and O–H groups in total. The second-order valence-electron chi connectivity index (χ2n) is 3.77. The van der Waals surface area contributed by atoms with E-state index in [1.165, 1.54) is 5.56 Å². The molecule has 0 aliphatic heterocycles. The molecule has 0 saturated carbocycles. The molecule has 1 rings (SSSR count). The third kappa shape index (κ3) is 5.40. The van der Waals surface area contributed by atoms with Crippen molar-refractivity contribution in [3.63, 3.8) is 0 Å². The molecule has 1 amide bonds. The summed E-state index contributed by atoms with van der Waals surface area (Å²) < 4.78 is 0. The van der Waals surface area contributed by atoms with Crippen molar-refractivity contribution < 1.29 is 4.79 Å². The van der Waals surface area contributed by atoms with Crippen LogP contribution in [0.15, 0.2) is 30.3 Å². The van der Waals surface area contributed by atoms with Crippen LogP contribution >= 0.6 is 11.8 Å². The average Bonchev–Trinajstić information content (AvgIpc) is 2.34. The molecule has 0 aliphatic carbocycles. The van der Waals surface area contributed by atoms with Crippen molar-refractivity contribution in [3.05, 3.63) is 35.9 Å². The Morgan fingerprint density at radius 1 is 1.47 bits per heavy atom. The maximum atomic E-state index is 11.4. The second kappa shape index (κ2) is 6.96. The number of rotatable bonds is 5. The fourth-order valence-electron chi connectivity index (χ4n) is 1.36. The fourth-order valence-corrected chi connectivity index (χ4v) is 1.75. The third-order valence-electron chi connectivity index (χ3n) is 2.33. The number of thioether (sulfide) groups is 1. The number of hydrogen-bond acceptors (Lipinski definition) is 3. The van der Waals surface area contributed by atoms with E-state index >= 15 is 0 Å². The summed E-state index contributed by atoms with van der Waals surface area (Å²) in [6.45, 7) is 2.66. The van der Waals surface area contributed by atoms with Gasteiger partial charge in [0.15, 0.2) is 5.17 Å². The van der Waals surface area contributed by atoms with Crippen molar-refractivity contribution in [1.29, 1.82) is 5.41 Å². The minimum Gasteiger partial charge on any atom is -0.379 e. The van der Waals surface area contributed by atoms with Crippen molar-refractivity contribution in [2.24, 2.45) is 5.73 Å². The average molecular weight is 251 g/mol. The molecule has 1 aromatic rings. The minimum atomic E-state index is -0.0898. The van der Waals surface area contributed by atoms with Gasteiger partial charge in [0.2, 0.25) is 5.91 Å². The van der Waals surface area contributed by atoms with E-state index < -0.39 is 0 Å². The zero-order valence-electron chi connectivity index (χ0n) is 9.77. The van der Waals surface area contributed by atoms with Crippen LogP contribution in [0.1, 0.15) is 18.4 Å². The van der Waals surface area contributed by atoms with Crippen LogP contribution in [0.5, 0.6) is 0 Å². The zero-order valence-corrected chi connectivity index (χ0v) is 10.6. The van der Waals surface area contributed by atoms with Crippen molar-refractivity contribution in [2.75, 3.05) is 12.3 Å². The molecule has 92 valence electrons. The SMILES string of the molecule is CC(CNC(=O)CSC(=N)N)c1ccccc1. The Kier molecular flexibility index (Phi) is 5.56. The van der Waals surface area contributed by atoms with Gasteiger partial charge in [0.25, 0.3) is 0 Å². The van der Waals surface area contributed by atoms with Crippen LogP contribution in [0.4, 0.5) is 0 Å². The molecular formula is C12H17N3OS. The Morgan fingerprint density at radius 3 is 2.71 bits per heavy atom. The number of carbonyl (C=O) groups is 1. The van der Waals surface area contributed by atoms with E-state index in [0.29, 0.717) is 6.54 Å². The molecule has 1 aromatic carbocycles. The monoisotopic (exact) mass is 251 g/mol. The highest BCUT2D eigenvalue weighted by Gasteiger charge is 2.07. The molecular weight excluding hydrogens is 234 g/mol. The van der Waals surface area contributed by atoms with E-state index in [2.05, 4.69) is 12.2 Å². The van der Waals surface area contributed by atoms with Crippen molar-refractivity contribution >= 4 is 22.8 Å². The first-order valence-corrected chi connectivity index (χ1v) is 6.36. The van der Waals surface area contributed by atoms with Crippen LogP contribution in [0.25, 0.3) is 0 Å². The highest BCUT2D eigenvalue weighted by atomic mass is 32.2. The van der Waals surface area contributed by atoms with E-state index in [1.807, 2.05) is 30.3 Å². The predicted octanol–water partition coefficient (Wildman–Crippen LogP) is 1.53. The first-order valence-electron chi connectivity index (χ1n) is 5.38. The summed E-state index contributed by atoms with van der Waals surface area (Å²) in [7, 11) is 0. The van der Waals surface area contributed by atoms with Crippen LogP contribution in [-0.2, 0) is 4.79 Å². The topological polar surface area (TPSA) is 79.0 Å². The summed E-state index contributed by atoms with van der Waals surface area (Å²) in [6.07, 6.45) is 0. The number of nitrogens with one attached hydrogen (secondary N) is 2. The molecule has 17 heavy (non-hydrogen) atoms. The smallest absolute Gasteiger partial charge is 0.230 e. The van der Waals surface area contributed by atoms with Gasteiger partial charge in [0.05, 0.1) is 5.75 Å². The van der Waals surface area contributed by atoms with Crippen molar-refractivity contribution in [3.8, 4) is 0 Å². The molecule has 1 unspecified atom stereocenters. The van der Waals surface area contributed by atoms with Gasteiger partial charge in [-0.2, -0.15) is 0 Å². The molecule has 5 heteroatoms. The number of carbonyl (C=O) groups excluding carboxylic acids is 1. The predicted molar refractivity (Wildman–Crippen MR) is 72.2 cm³/mol. The normalized spacial score (nSPS) is 11.8. The van der Waals surface area contributed by atoms with Crippen LogP contribution < -0.4 is 11.1 Å². The van der Waals surface area contributed by atoms with Crippen LogP contribution in [0.3, 0.4) is 0 Å². The summed E-state index contributed by atoms with van der Waals surface area (Å²) in [4.78, 5) is 11.4. The van der Waals surface area contributed by atoms with E-state index in [9.17, 15) is 4.79 Å². The summed E-state index contributed by atoms with van der Waals surface area (Å²) in [5.41, 5.74) is 6.35. The molecule has 1 atom stereocenters. The van der Waals surface area contributed by atoms with E-state index in [4.69, 9.17) is 11.1 Å². The van der Waals surface area contributed by atoms with Crippen LogP contribution in [0, 0.1) is 5.41 Å². The van der Waals surface area contributed by atoms with Crippen molar-refractivity contribution in [2.45, 2.75) is 12.8 Å². The van der Waals surface area contributed by atoms with Gasteiger partial charge in [-0.15, -0.1) is 0 Å². The minimum absolute atomic E-state index is 0.0312. The first kappa shape index (κ1) is 13.6.